The molecule has 31 heavy (non-hydrogen) atoms. The van der Waals surface area contributed by atoms with E-state index in [9.17, 15) is 30.0 Å². The molecule has 0 unspecified atom stereocenters. The minimum absolute atomic E-state index is 0.261. The van der Waals surface area contributed by atoms with E-state index in [1.165, 1.54) is 26.2 Å². The van der Waals surface area contributed by atoms with Crippen LogP contribution in [0.15, 0.2) is 60.0 Å². The number of nitrogens with one attached hydrogen (secondary N) is 2. The van der Waals surface area contributed by atoms with Gasteiger partial charge in [0.05, 0.1) is 13.2 Å². The third-order valence-corrected chi connectivity index (χ3v) is 4.93. The van der Waals surface area contributed by atoms with Crippen molar-refractivity contribution < 1.29 is 30.0 Å². The molecule has 6 N–H and O–H groups in total. The zero-order valence-electron chi connectivity index (χ0n) is 17.3. The molecule has 8 heteroatoms. The van der Waals surface area contributed by atoms with Crippen molar-refractivity contribution in [2.75, 3.05) is 27.3 Å². The van der Waals surface area contributed by atoms with E-state index in [1.54, 1.807) is 48.5 Å². The highest BCUT2D eigenvalue weighted by Crippen LogP contribution is 2.34. The molecule has 0 radical (unpaired) electrons. The van der Waals surface area contributed by atoms with Gasteiger partial charge < -0.3 is 31.1 Å². The van der Waals surface area contributed by atoms with E-state index in [0.717, 1.165) is 0 Å². The van der Waals surface area contributed by atoms with Crippen molar-refractivity contribution in [2.45, 2.75) is 0 Å². The van der Waals surface area contributed by atoms with Crippen LogP contribution in [0, 0.1) is 5.41 Å². The van der Waals surface area contributed by atoms with Gasteiger partial charge in [-0.2, -0.15) is 0 Å². The lowest BCUT2D eigenvalue weighted by atomic mass is 9.83. The Hall–Kier alpha value is -3.62. The molecule has 0 fully saturated rings. The quantitative estimate of drug-likeness (QED) is 0.356. The van der Waals surface area contributed by atoms with Crippen LogP contribution in [0.25, 0.3) is 12.2 Å². The minimum Gasteiger partial charge on any atom is -0.511 e. The molecule has 0 aliphatic carbocycles. The average molecular weight is 426 g/mol. The first-order valence-electron chi connectivity index (χ1n) is 9.49. The molecule has 8 nitrogen and oxygen atoms in total. The smallest absolute Gasteiger partial charge is 0.251 e. The molecule has 0 heterocycles. The number of hydrogen-bond acceptors (Lipinski definition) is 6. The van der Waals surface area contributed by atoms with E-state index in [4.69, 9.17) is 0 Å². The van der Waals surface area contributed by atoms with Crippen LogP contribution >= 0.6 is 0 Å². The molecule has 0 aliphatic heterocycles. The van der Waals surface area contributed by atoms with E-state index in [1.807, 2.05) is 0 Å². The lowest BCUT2D eigenvalue weighted by molar-refractivity contribution is 0.0487. The molecule has 0 atom stereocenters. The van der Waals surface area contributed by atoms with Crippen LogP contribution in [0.5, 0.6) is 0 Å². The van der Waals surface area contributed by atoms with Gasteiger partial charge in [-0.3, -0.25) is 9.59 Å². The summed E-state index contributed by atoms with van der Waals surface area (Å²) in [6.07, 6.45) is 2.58. The maximum atomic E-state index is 11.6. The summed E-state index contributed by atoms with van der Waals surface area (Å²) < 4.78 is 0. The molecule has 0 spiro atoms. The fourth-order valence-electron chi connectivity index (χ4n) is 2.85. The first-order chi connectivity index (χ1) is 14.8. The Morgan fingerprint density at radius 1 is 0.742 bits per heavy atom. The lowest BCUT2D eigenvalue weighted by Gasteiger charge is -2.28. The van der Waals surface area contributed by atoms with Gasteiger partial charge in [0, 0.05) is 25.2 Å². The molecule has 2 aromatic carbocycles. The number of carbonyl (C=O) groups is 2. The summed E-state index contributed by atoms with van der Waals surface area (Å²) in [6.45, 7) is -1.53. The highest BCUT2D eigenvalue weighted by molar-refractivity contribution is 5.94. The second kappa shape index (κ2) is 10.4. The van der Waals surface area contributed by atoms with Crippen molar-refractivity contribution in [1.82, 2.24) is 10.6 Å². The van der Waals surface area contributed by atoms with Crippen molar-refractivity contribution in [1.29, 1.82) is 0 Å². The van der Waals surface area contributed by atoms with Gasteiger partial charge in [-0.25, -0.2) is 0 Å². The summed E-state index contributed by atoms with van der Waals surface area (Å²) in [4.78, 5) is 23.3. The molecule has 2 aromatic rings. The summed E-state index contributed by atoms with van der Waals surface area (Å²) in [5.74, 6) is -1.44. The van der Waals surface area contributed by atoms with Gasteiger partial charge in [-0.15, -0.1) is 0 Å². The molecule has 164 valence electrons. The second-order valence-electron chi connectivity index (χ2n) is 6.86. The Labute approximate surface area is 180 Å². The first-order valence-corrected chi connectivity index (χ1v) is 9.49. The average Bonchev–Trinajstić information content (AvgIpc) is 2.80. The summed E-state index contributed by atoms with van der Waals surface area (Å²) in [5.41, 5.74) is 0.0208. The molecular formula is C23H26N2O6. The highest BCUT2D eigenvalue weighted by Gasteiger charge is 2.38. The van der Waals surface area contributed by atoms with E-state index in [-0.39, 0.29) is 11.8 Å². The normalized spacial score (nSPS) is 12.4. The van der Waals surface area contributed by atoms with Crippen molar-refractivity contribution in [3.8, 4) is 0 Å². The molecule has 0 aliphatic rings. The van der Waals surface area contributed by atoms with E-state index < -0.39 is 30.1 Å². The van der Waals surface area contributed by atoms with Crippen molar-refractivity contribution >= 4 is 24.0 Å². The SMILES string of the molecule is CNC(=O)c1ccc(C=C(O)C(CO)(CO)C(O)=Cc2ccc(C(=O)NC)cc2)cc1. The van der Waals surface area contributed by atoms with Crippen LogP contribution in [0.1, 0.15) is 31.8 Å². The molecule has 0 aromatic heterocycles. The number of aliphatic hydroxyl groups excluding tert-OH is 4. The summed E-state index contributed by atoms with van der Waals surface area (Å²) in [7, 11) is 3.03. The predicted molar refractivity (Wildman–Crippen MR) is 117 cm³/mol. The third kappa shape index (κ3) is 5.30. The van der Waals surface area contributed by atoms with Crippen molar-refractivity contribution in [2.24, 2.45) is 5.41 Å². The van der Waals surface area contributed by atoms with E-state index in [0.29, 0.717) is 22.3 Å². The van der Waals surface area contributed by atoms with Gasteiger partial charge in [0.1, 0.15) is 16.9 Å². The zero-order chi connectivity index (χ0) is 23.0. The number of aliphatic hydroxyl groups is 4. The summed E-state index contributed by atoms with van der Waals surface area (Å²) >= 11 is 0. The lowest BCUT2D eigenvalue weighted by Crippen LogP contribution is -2.34. The van der Waals surface area contributed by atoms with Gasteiger partial charge in [-0.1, -0.05) is 24.3 Å². The second-order valence-corrected chi connectivity index (χ2v) is 6.86. The van der Waals surface area contributed by atoms with Gasteiger partial charge >= 0.3 is 0 Å². The number of hydrogen-bond donors (Lipinski definition) is 6. The van der Waals surface area contributed by atoms with Crippen LogP contribution in [0.3, 0.4) is 0 Å². The topological polar surface area (TPSA) is 139 Å². The fourth-order valence-corrected chi connectivity index (χ4v) is 2.85. The Balaban J connectivity index is 2.36. The summed E-state index contributed by atoms with van der Waals surface area (Å²) in [5, 5.41) is 46.1. The van der Waals surface area contributed by atoms with Gasteiger partial charge in [0.2, 0.25) is 0 Å². The number of benzene rings is 2. The van der Waals surface area contributed by atoms with Gasteiger partial charge in [0.25, 0.3) is 11.8 Å². The third-order valence-electron chi connectivity index (χ3n) is 4.93. The monoisotopic (exact) mass is 426 g/mol. The Kier molecular flexibility index (Phi) is 7.95. The summed E-state index contributed by atoms with van der Waals surface area (Å²) in [6, 6.07) is 12.6. The molecule has 0 bridgehead atoms. The highest BCUT2D eigenvalue weighted by atomic mass is 16.3. The first kappa shape index (κ1) is 23.7. The van der Waals surface area contributed by atoms with Crippen LogP contribution in [-0.4, -0.2) is 59.5 Å². The van der Waals surface area contributed by atoms with Crippen LogP contribution in [0.4, 0.5) is 0 Å². The standard InChI is InChI=1S/C23H26N2O6/c1-24-21(30)17-7-3-15(4-8-17)11-19(28)23(13-26,14-27)20(29)12-16-5-9-18(10-6-16)22(31)25-2/h3-12,26-29H,13-14H2,1-2H3,(H,24,30)(H,25,31). The number of rotatable bonds is 8. The van der Waals surface area contributed by atoms with Crippen molar-refractivity contribution in [3.05, 3.63) is 82.3 Å². The van der Waals surface area contributed by atoms with Crippen LogP contribution in [0.2, 0.25) is 0 Å². The molecule has 2 amide bonds. The van der Waals surface area contributed by atoms with Gasteiger partial charge in [0.15, 0.2) is 0 Å². The maximum absolute atomic E-state index is 11.6. The van der Waals surface area contributed by atoms with Crippen LogP contribution < -0.4 is 10.6 Å². The molecule has 0 saturated carbocycles. The van der Waals surface area contributed by atoms with E-state index >= 15 is 0 Å². The number of amides is 2. The van der Waals surface area contributed by atoms with E-state index in [2.05, 4.69) is 10.6 Å². The molecule has 0 saturated heterocycles. The van der Waals surface area contributed by atoms with Crippen molar-refractivity contribution in [3.63, 3.8) is 0 Å². The molecular weight excluding hydrogens is 400 g/mol. The minimum atomic E-state index is -1.83. The van der Waals surface area contributed by atoms with Gasteiger partial charge in [-0.05, 0) is 47.5 Å². The largest absolute Gasteiger partial charge is 0.511 e. The molecule has 2 rings (SSSR count). The Bertz CT molecular complexity index is 897. The Morgan fingerprint density at radius 3 is 1.32 bits per heavy atom. The maximum Gasteiger partial charge on any atom is 0.251 e. The number of carbonyl (C=O) groups excluding carboxylic acids is 2. The predicted octanol–water partition coefficient (Wildman–Crippen LogP) is 1.87. The fraction of sp³-hybridized carbons (Fsp3) is 0.217. The Morgan fingerprint density at radius 2 is 1.06 bits per heavy atom. The van der Waals surface area contributed by atoms with Crippen LogP contribution in [-0.2, 0) is 0 Å². The zero-order valence-corrected chi connectivity index (χ0v) is 17.3.